The van der Waals surface area contributed by atoms with Gasteiger partial charge in [-0.15, -0.1) is 0 Å². The number of hydrogen-bond donors (Lipinski definition) is 1. The Bertz CT molecular complexity index is 912. The molecular weight excluding hydrogens is 349 g/mol. The average Bonchev–Trinajstić information content (AvgIpc) is 2.73. The number of likely N-dealkylation sites (tertiary alicyclic amines) is 1. The van der Waals surface area contributed by atoms with Gasteiger partial charge in [0.05, 0.1) is 5.60 Å². The topological polar surface area (TPSA) is 23.5 Å². The van der Waals surface area contributed by atoms with Crippen molar-refractivity contribution in [1.29, 1.82) is 0 Å². The van der Waals surface area contributed by atoms with Crippen molar-refractivity contribution in [2.75, 3.05) is 7.05 Å². The summed E-state index contributed by atoms with van der Waals surface area (Å²) in [6, 6.07) is 27.1. The molecule has 3 aromatic carbocycles. The largest absolute Gasteiger partial charge is 0.385 e. The van der Waals surface area contributed by atoms with E-state index in [2.05, 4.69) is 43.1 Å². The first-order valence-electron chi connectivity index (χ1n) is 9.81. The molecule has 2 nitrogen and oxygen atoms in total. The lowest BCUT2D eigenvalue weighted by Gasteiger charge is -2.52. The summed E-state index contributed by atoms with van der Waals surface area (Å²) >= 11 is 0. The van der Waals surface area contributed by atoms with Gasteiger partial charge in [-0.05, 0) is 35.9 Å². The molecule has 3 aromatic rings. The monoisotopic (exact) mass is 375 g/mol. The summed E-state index contributed by atoms with van der Waals surface area (Å²) in [7, 11) is 2.13. The van der Waals surface area contributed by atoms with Gasteiger partial charge in [0, 0.05) is 24.4 Å². The molecule has 4 atom stereocenters. The lowest BCUT2D eigenvalue weighted by molar-refractivity contribution is -0.120. The third-order valence-corrected chi connectivity index (χ3v) is 6.33. The van der Waals surface area contributed by atoms with Crippen molar-refractivity contribution in [3.63, 3.8) is 0 Å². The van der Waals surface area contributed by atoms with Gasteiger partial charge in [-0.2, -0.15) is 0 Å². The van der Waals surface area contributed by atoms with Crippen LogP contribution in [-0.4, -0.2) is 17.1 Å². The van der Waals surface area contributed by atoms with Gasteiger partial charge in [-0.3, -0.25) is 4.90 Å². The van der Waals surface area contributed by atoms with E-state index in [1.165, 1.54) is 23.3 Å². The van der Waals surface area contributed by atoms with Crippen molar-refractivity contribution < 1.29 is 9.50 Å². The van der Waals surface area contributed by atoms with Crippen LogP contribution in [0.3, 0.4) is 0 Å². The molecule has 3 heteroatoms. The number of nitrogens with zero attached hydrogens (tertiary/aromatic N) is 1. The molecule has 0 saturated carbocycles. The Kier molecular flexibility index (Phi) is 5.05. The highest BCUT2D eigenvalue weighted by Gasteiger charge is 2.49. The average molecular weight is 375 g/mol. The van der Waals surface area contributed by atoms with Crippen molar-refractivity contribution in [2.45, 2.75) is 31.0 Å². The molecule has 1 aliphatic rings. The summed E-state index contributed by atoms with van der Waals surface area (Å²) < 4.78 is 13.5. The molecule has 0 radical (unpaired) electrons. The van der Waals surface area contributed by atoms with Crippen LogP contribution in [0, 0.1) is 11.7 Å². The van der Waals surface area contributed by atoms with E-state index in [9.17, 15) is 9.50 Å². The van der Waals surface area contributed by atoms with Crippen molar-refractivity contribution in [3.8, 4) is 0 Å². The molecular formula is C25H26FNO. The van der Waals surface area contributed by atoms with E-state index in [4.69, 9.17) is 0 Å². The van der Waals surface area contributed by atoms with Gasteiger partial charge in [0.25, 0.3) is 0 Å². The van der Waals surface area contributed by atoms with Gasteiger partial charge in [-0.1, -0.05) is 79.7 Å². The molecule has 0 amide bonds. The zero-order valence-corrected chi connectivity index (χ0v) is 16.3. The lowest BCUT2D eigenvalue weighted by Crippen LogP contribution is -2.50. The van der Waals surface area contributed by atoms with Crippen LogP contribution in [0.2, 0.25) is 0 Å². The molecule has 4 rings (SSSR count). The highest BCUT2D eigenvalue weighted by molar-refractivity contribution is 5.32. The first kappa shape index (κ1) is 18.9. The molecule has 1 N–H and O–H groups in total. The zero-order chi connectivity index (χ0) is 19.7. The van der Waals surface area contributed by atoms with E-state index >= 15 is 0 Å². The van der Waals surface area contributed by atoms with Crippen molar-refractivity contribution >= 4 is 0 Å². The van der Waals surface area contributed by atoms with E-state index in [0.29, 0.717) is 6.42 Å². The van der Waals surface area contributed by atoms with Crippen molar-refractivity contribution in [1.82, 2.24) is 4.90 Å². The standard InChI is InChI=1S/C25H26FNO/c1-18-24(20-11-7-4-8-12-20)27(2)23(19-9-5-3-6-10-19)17-25(18,28)21-13-15-22(26)16-14-21/h3-16,18,23-24,28H,17H2,1-2H3/t18-,23-,24-,25-/m1/s1. The fourth-order valence-electron chi connectivity index (χ4n) is 4.75. The van der Waals surface area contributed by atoms with E-state index in [1.807, 2.05) is 36.4 Å². The van der Waals surface area contributed by atoms with Crippen LogP contribution in [0.25, 0.3) is 0 Å². The second-order valence-electron chi connectivity index (χ2n) is 7.87. The minimum absolute atomic E-state index is 0.0372. The SMILES string of the molecule is C[C@@H]1[C@H](c2ccccc2)N(C)[C@@H](c2ccccc2)C[C@]1(O)c1ccc(F)cc1. The summed E-state index contributed by atoms with van der Waals surface area (Å²) in [5.74, 6) is -0.350. The molecule has 0 aliphatic carbocycles. The number of benzene rings is 3. The first-order chi connectivity index (χ1) is 13.5. The highest BCUT2D eigenvalue weighted by Crippen LogP contribution is 2.52. The normalized spacial score (nSPS) is 28.2. The molecule has 0 aromatic heterocycles. The predicted molar refractivity (Wildman–Crippen MR) is 110 cm³/mol. The molecule has 0 spiro atoms. The van der Waals surface area contributed by atoms with Crippen LogP contribution in [0.15, 0.2) is 84.9 Å². The third kappa shape index (κ3) is 3.25. The van der Waals surface area contributed by atoms with Gasteiger partial charge in [0.1, 0.15) is 5.82 Å². The van der Waals surface area contributed by atoms with E-state index < -0.39 is 5.60 Å². The number of aliphatic hydroxyl groups is 1. The van der Waals surface area contributed by atoms with Crippen LogP contribution >= 0.6 is 0 Å². The molecule has 1 fully saturated rings. The van der Waals surface area contributed by atoms with Crippen LogP contribution in [-0.2, 0) is 5.60 Å². The minimum Gasteiger partial charge on any atom is -0.385 e. The van der Waals surface area contributed by atoms with Gasteiger partial charge in [-0.25, -0.2) is 4.39 Å². The van der Waals surface area contributed by atoms with Crippen LogP contribution in [0.5, 0.6) is 0 Å². The molecule has 1 heterocycles. The second kappa shape index (κ2) is 7.50. The van der Waals surface area contributed by atoms with Gasteiger partial charge in [0.15, 0.2) is 0 Å². The van der Waals surface area contributed by atoms with Gasteiger partial charge < -0.3 is 5.11 Å². The maximum Gasteiger partial charge on any atom is 0.123 e. The highest BCUT2D eigenvalue weighted by atomic mass is 19.1. The molecule has 0 bridgehead atoms. The van der Waals surface area contributed by atoms with E-state index in [0.717, 1.165) is 5.56 Å². The molecule has 28 heavy (non-hydrogen) atoms. The fraction of sp³-hybridized carbons (Fsp3) is 0.280. The fourth-order valence-corrected chi connectivity index (χ4v) is 4.75. The smallest absolute Gasteiger partial charge is 0.123 e. The van der Waals surface area contributed by atoms with Crippen molar-refractivity contribution in [3.05, 3.63) is 107 Å². The maximum absolute atomic E-state index is 13.5. The summed E-state index contributed by atoms with van der Waals surface area (Å²) in [6.07, 6.45) is 0.559. The number of hydrogen-bond acceptors (Lipinski definition) is 2. The number of halogens is 1. The molecule has 144 valence electrons. The Labute approximate surface area is 166 Å². The Morgan fingerprint density at radius 2 is 1.39 bits per heavy atom. The van der Waals surface area contributed by atoms with Crippen LogP contribution < -0.4 is 0 Å². The third-order valence-electron chi connectivity index (χ3n) is 6.33. The quantitative estimate of drug-likeness (QED) is 0.656. The first-order valence-corrected chi connectivity index (χ1v) is 9.81. The molecule has 1 aliphatic heterocycles. The number of rotatable bonds is 3. The Hall–Kier alpha value is -2.49. The lowest BCUT2D eigenvalue weighted by atomic mass is 9.68. The van der Waals surface area contributed by atoms with Gasteiger partial charge in [0.2, 0.25) is 0 Å². The Morgan fingerprint density at radius 1 is 0.857 bits per heavy atom. The second-order valence-corrected chi connectivity index (χ2v) is 7.87. The molecule has 1 saturated heterocycles. The van der Waals surface area contributed by atoms with Crippen LogP contribution in [0.1, 0.15) is 42.1 Å². The summed E-state index contributed by atoms with van der Waals surface area (Å²) in [4.78, 5) is 2.37. The Balaban J connectivity index is 1.83. The summed E-state index contributed by atoms with van der Waals surface area (Å²) in [5.41, 5.74) is 2.08. The van der Waals surface area contributed by atoms with Gasteiger partial charge >= 0.3 is 0 Å². The summed E-state index contributed by atoms with van der Waals surface area (Å²) in [5, 5.41) is 11.9. The maximum atomic E-state index is 13.5. The minimum atomic E-state index is -1.05. The Morgan fingerprint density at radius 3 is 1.96 bits per heavy atom. The van der Waals surface area contributed by atoms with Crippen LogP contribution in [0.4, 0.5) is 4.39 Å². The molecule has 0 unspecified atom stereocenters. The van der Waals surface area contributed by atoms with Crippen molar-refractivity contribution in [2.24, 2.45) is 5.92 Å². The summed E-state index contributed by atoms with van der Waals surface area (Å²) in [6.45, 7) is 2.10. The zero-order valence-electron chi connectivity index (χ0n) is 16.3. The van der Waals surface area contributed by atoms with E-state index in [1.54, 1.807) is 12.1 Å². The van der Waals surface area contributed by atoms with E-state index in [-0.39, 0.29) is 23.8 Å². The predicted octanol–water partition coefficient (Wildman–Crippen LogP) is 5.47. The number of piperidine rings is 1.